The zero-order chi connectivity index (χ0) is 16.4. The van der Waals surface area contributed by atoms with E-state index in [0.29, 0.717) is 6.54 Å². The number of nitrogens with zero attached hydrogens (tertiary/aromatic N) is 1. The van der Waals surface area contributed by atoms with Crippen LogP contribution in [0.4, 0.5) is 0 Å². The van der Waals surface area contributed by atoms with Crippen LogP contribution in [0.1, 0.15) is 39.9 Å². The number of hydrogen-bond donors (Lipinski definition) is 2. The van der Waals surface area contributed by atoms with Gasteiger partial charge in [0.25, 0.3) is 0 Å². The van der Waals surface area contributed by atoms with Crippen molar-refractivity contribution < 1.29 is 9.15 Å². The van der Waals surface area contributed by atoms with Gasteiger partial charge in [0.15, 0.2) is 5.96 Å². The predicted octanol–water partition coefficient (Wildman–Crippen LogP) is 2.83. The molecule has 22 heavy (non-hydrogen) atoms. The molecule has 1 aromatic heterocycles. The molecule has 2 N–H and O–H groups in total. The molecule has 0 radical (unpaired) electrons. The Balaban J connectivity index is 2.52. The highest BCUT2D eigenvalue weighted by molar-refractivity contribution is 5.79. The molecule has 0 aliphatic heterocycles. The number of aliphatic imine (C=N–C) groups is 1. The van der Waals surface area contributed by atoms with Gasteiger partial charge in [0, 0.05) is 26.6 Å². The Morgan fingerprint density at radius 3 is 2.59 bits per heavy atom. The van der Waals surface area contributed by atoms with Gasteiger partial charge in [-0.2, -0.15) is 0 Å². The molecule has 0 aromatic carbocycles. The van der Waals surface area contributed by atoms with E-state index in [0.717, 1.165) is 37.7 Å². The van der Waals surface area contributed by atoms with Crippen LogP contribution >= 0.6 is 0 Å². The van der Waals surface area contributed by atoms with Crippen LogP contribution in [0.25, 0.3) is 0 Å². The summed E-state index contributed by atoms with van der Waals surface area (Å²) in [7, 11) is 1.74. The van der Waals surface area contributed by atoms with E-state index in [1.807, 2.05) is 12.1 Å². The van der Waals surface area contributed by atoms with E-state index < -0.39 is 0 Å². The topological polar surface area (TPSA) is 58.8 Å². The van der Waals surface area contributed by atoms with Crippen molar-refractivity contribution in [2.45, 2.75) is 46.6 Å². The van der Waals surface area contributed by atoms with Crippen LogP contribution in [0, 0.1) is 5.41 Å². The maximum absolute atomic E-state index is 5.56. The molecule has 0 saturated carbocycles. The van der Waals surface area contributed by atoms with Crippen LogP contribution in [-0.4, -0.2) is 38.8 Å². The Labute approximate surface area is 134 Å². The average molecular weight is 309 g/mol. The molecule has 1 rings (SSSR count). The summed E-state index contributed by atoms with van der Waals surface area (Å²) in [6.45, 7) is 11.0. The molecule has 0 saturated heterocycles. The van der Waals surface area contributed by atoms with Crippen molar-refractivity contribution in [3.8, 4) is 0 Å². The largest absolute Gasteiger partial charge is 0.469 e. The van der Waals surface area contributed by atoms with E-state index >= 15 is 0 Å². The zero-order valence-electron chi connectivity index (χ0n) is 14.6. The van der Waals surface area contributed by atoms with E-state index in [1.165, 1.54) is 0 Å². The Hall–Kier alpha value is -1.49. The monoisotopic (exact) mass is 309 g/mol. The predicted molar refractivity (Wildman–Crippen MR) is 91.3 cm³/mol. The number of guanidine groups is 1. The smallest absolute Gasteiger partial charge is 0.191 e. The van der Waals surface area contributed by atoms with Gasteiger partial charge in [-0.3, -0.25) is 4.99 Å². The highest BCUT2D eigenvalue weighted by Gasteiger charge is 2.24. The van der Waals surface area contributed by atoms with Crippen LogP contribution < -0.4 is 10.6 Å². The molecular formula is C17H31N3O2. The van der Waals surface area contributed by atoms with Gasteiger partial charge in [0.05, 0.1) is 18.9 Å². The number of methoxy groups -OCH3 is 1. The van der Waals surface area contributed by atoms with Crippen molar-refractivity contribution in [1.82, 2.24) is 10.6 Å². The molecule has 0 bridgehead atoms. The minimum absolute atomic E-state index is 0.0717. The zero-order valence-corrected chi connectivity index (χ0v) is 14.6. The van der Waals surface area contributed by atoms with Crippen molar-refractivity contribution >= 4 is 5.96 Å². The molecule has 1 aromatic rings. The molecule has 1 heterocycles. The lowest BCUT2D eigenvalue weighted by Gasteiger charge is -2.28. The summed E-state index contributed by atoms with van der Waals surface area (Å²) in [5.41, 5.74) is 0.0717. The summed E-state index contributed by atoms with van der Waals surface area (Å²) >= 11 is 0. The lowest BCUT2D eigenvalue weighted by molar-refractivity contribution is 0.0241. The lowest BCUT2D eigenvalue weighted by atomic mass is 9.89. The minimum atomic E-state index is 0.0717. The summed E-state index contributed by atoms with van der Waals surface area (Å²) in [6.07, 6.45) is 3.70. The Kier molecular flexibility index (Phi) is 8.02. The van der Waals surface area contributed by atoms with Crippen LogP contribution in [0.3, 0.4) is 0 Å². The van der Waals surface area contributed by atoms with E-state index in [4.69, 9.17) is 9.15 Å². The molecule has 5 heteroatoms. The highest BCUT2D eigenvalue weighted by atomic mass is 16.5. The fraction of sp³-hybridized carbons (Fsp3) is 0.706. The van der Waals surface area contributed by atoms with Crippen molar-refractivity contribution in [1.29, 1.82) is 0 Å². The van der Waals surface area contributed by atoms with Gasteiger partial charge in [-0.25, -0.2) is 0 Å². The van der Waals surface area contributed by atoms with Crippen molar-refractivity contribution in [2.24, 2.45) is 10.4 Å². The molecule has 126 valence electrons. The Morgan fingerprint density at radius 1 is 1.32 bits per heavy atom. The number of furan rings is 1. The Bertz CT molecular complexity index is 422. The minimum Gasteiger partial charge on any atom is -0.469 e. The summed E-state index contributed by atoms with van der Waals surface area (Å²) in [4.78, 5) is 4.66. The maximum Gasteiger partial charge on any atom is 0.191 e. The lowest BCUT2D eigenvalue weighted by Crippen LogP contribution is -2.40. The quantitative estimate of drug-likeness (QED) is 0.573. The highest BCUT2D eigenvalue weighted by Crippen LogP contribution is 2.21. The van der Waals surface area contributed by atoms with Gasteiger partial charge in [-0.05, 0) is 24.0 Å². The van der Waals surface area contributed by atoms with E-state index in [2.05, 4.69) is 43.3 Å². The van der Waals surface area contributed by atoms with Gasteiger partial charge < -0.3 is 19.8 Å². The van der Waals surface area contributed by atoms with Gasteiger partial charge in [-0.1, -0.05) is 27.7 Å². The third-order valence-corrected chi connectivity index (χ3v) is 3.45. The first kappa shape index (κ1) is 18.6. The van der Waals surface area contributed by atoms with Crippen molar-refractivity contribution in [3.05, 3.63) is 24.2 Å². The molecular weight excluding hydrogens is 278 g/mol. The van der Waals surface area contributed by atoms with Gasteiger partial charge in [0.2, 0.25) is 0 Å². The fourth-order valence-corrected chi connectivity index (χ4v) is 2.05. The molecule has 5 nitrogen and oxygen atoms in total. The molecule has 0 aliphatic carbocycles. The average Bonchev–Trinajstić information content (AvgIpc) is 2.96. The summed E-state index contributed by atoms with van der Waals surface area (Å²) in [5.74, 6) is 1.81. The number of ether oxygens (including phenoxy) is 1. The molecule has 0 fully saturated rings. The van der Waals surface area contributed by atoms with Crippen LogP contribution in [0.2, 0.25) is 0 Å². The maximum atomic E-state index is 5.56. The third-order valence-electron chi connectivity index (χ3n) is 3.45. The first-order valence-corrected chi connectivity index (χ1v) is 8.04. The molecule has 0 amide bonds. The van der Waals surface area contributed by atoms with Gasteiger partial charge in [0.1, 0.15) is 5.76 Å². The molecule has 0 spiro atoms. The standard InChI is InChI=1S/C17H31N3O2/c1-6-10-18-16(19-11-9-14-8-7-12-22-14)20-13-15(21-5)17(2,3)4/h7-8,12,15H,6,9-11,13H2,1-5H3,(H2,18,19,20). The van der Waals surface area contributed by atoms with E-state index in [-0.39, 0.29) is 11.5 Å². The van der Waals surface area contributed by atoms with Crippen LogP contribution in [0.5, 0.6) is 0 Å². The molecule has 1 unspecified atom stereocenters. The van der Waals surface area contributed by atoms with Crippen molar-refractivity contribution in [2.75, 3.05) is 26.7 Å². The SMILES string of the molecule is CCCNC(=NCC(OC)C(C)(C)C)NCCc1ccco1. The summed E-state index contributed by atoms with van der Waals surface area (Å²) in [5, 5.41) is 6.68. The fourth-order valence-electron chi connectivity index (χ4n) is 2.05. The number of rotatable bonds is 8. The van der Waals surface area contributed by atoms with Gasteiger partial charge >= 0.3 is 0 Å². The van der Waals surface area contributed by atoms with Crippen LogP contribution in [0.15, 0.2) is 27.8 Å². The second kappa shape index (κ2) is 9.51. The molecule has 0 aliphatic rings. The van der Waals surface area contributed by atoms with E-state index in [1.54, 1.807) is 13.4 Å². The first-order valence-electron chi connectivity index (χ1n) is 8.04. The third kappa shape index (κ3) is 6.98. The van der Waals surface area contributed by atoms with Crippen LogP contribution in [-0.2, 0) is 11.2 Å². The second-order valence-corrected chi connectivity index (χ2v) is 6.46. The van der Waals surface area contributed by atoms with E-state index in [9.17, 15) is 0 Å². The Morgan fingerprint density at radius 2 is 2.05 bits per heavy atom. The second-order valence-electron chi connectivity index (χ2n) is 6.46. The number of hydrogen-bond acceptors (Lipinski definition) is 3. The van der Waals surface area contributed by atoms with Gasteiger partial charge in [-0.15, -0.1) is 0 Å². The number of nitrogens with one attached hydrogen (secondary N) is 2. The summed E-state index contributed by atoms with van der Waals surface area (Å²) in [6, 6.07) is 3.89. The first-order chi connectivity index (χ1) is 10.5. The molecule has 1 atom stereocenters. The summed E-state index contributed by atoms with van der Waals surface area (Å²) < 4.78 is 10.9. The normalized spacial score (nSPS) is 14.0. The van der Waals surface area contributed by atoms with Crippen molar-refractivity contribution in [3.63, 3.8) is 0 Å².